The van der Waals surface area contributed by atoms with Crippen LogP contribution in [0.1, 0.15) is 91.9 Å². The minimum atomic E-state index is -1.12. The molecule has 176 valence electrons. The summed E-state index contributed by atoms with van der Waals surface area (Å²) in [6.45, 7) is 8.84. The van der Waals surface area contributed by atoms with Crippen LogP contribution in [-0.2, 0) is 4.74 Å². The molecule has 0 bridgehead atoms. The maximum atomic E-state index is 10.3. The molecule has 4 aliphatic rings. The first-order chi connectivity index (χ1) is 14.6. The van der Waals surface area contributed by atoms with E-state index in [1.54, 1.807) is 12.5 Å². The van der Waals surface area contributed by atoms with Crippen LogP contribution in [0, 0.1) is 29.1 Å². The molecule has 9 atom stereocenters. The molecule has 9 unspecified atom stereocenters. The molecule has 0 spiro atoms. The second-order valence-electron chi connectivity index (χ2n) is 11.8. The largest absolute Gasteiger partial charge is 0.393 e. The number of allylic oxidation sites excluding steroid dienone is 3. The van der Waals surface area contributed by atoms with E-state index in [-0.39, 0.29) is 12.2 Å². The zero-order chi connectivity index (χ0) is 22.4. The summed E-state index contributed by atoms with van der Waals surface area (Å²) in [5, 5.41) is 30.3. The van der Waals surface area contributed by atoms with E-state index in [1.165, 1.54) is 37.7 Å². The maximum absolute atomic E-state index is 10.3. The van der Waals surface area contributed by atoms with Crippen molar-refractivity contribution in [1.82, 2.24) is 0 Å². The fraction of sp³-hybridized carbons (Fsp3) is 0.852. The summed E-state index contributed by atoms with van der Waals surface area (Å²) in [6.07, 6.45) is 14.1. The lowest BCUT2D eigenvalue weighted by molar-refractivity contribution is -0.163. The zero-order valence-corrected chi connectivity index (χ0v) is 20.0. The van der Waals surface area contributed by atoms with Crippen molar-refractivity contribution in [3.8, 4) is 0 Å². The molecule has 1 aliphatic heterocycles. The van der Waals surface area contributed by atoms with Crippen LogP contribution in [0.3, 0.4) is 0 Å². The van der Waals surface area contributed by atoms with Gasteiger partial charge in [-0.2, -0.15) is 0 Å². The van der Waals surface area contributed by atoms with Crippen molar-refractivity contribution < 1.29 is 20.1 Å². The minimum Gasteiger partial charge on any atom is -0.393 e. The van der Waals surface area contributed by atoms with Crippen LogP contribution < -0.4 is 0 Å². The number of aliphatic hydroxyl groups is 3. The Morgan fingerprint density at radius 1 is 1.10 bits per heavy atom. The Hall–Kier alpha value is -0.680. The van der Waals surface area contributed by atoms with Crippen molar-refractivity contribution in [1.29, 1.82) is 0 Å². The van der Waals surface area contributed by atoms with Gasteiger partial charge in [0.05, 0.1) is 12.2 Å². The highest BCUT2D eigenvalue weighted by atomic mass is 16.6. The Kier molecular flexibility index (Phi) is 6.76. The number of rotatable bonds is 4. The van der Waals surface area contributed by atoms with Crippen LogP contribution in [0.25, 0.3) is 0 Å². The van der Waals surface area contributed by atoms with Crippen molar-refractivity contribution in [2.45, 2.75) is 116 Å². The number of aliphatic hydroxyl groups excluding tert-OH is 2. The van der Waals surface area contributed by atoms with Crippen molar-refractivity contribution in [2.75, 3.05) is 0 Å². The van der Waals surface area contributed by atoms with Crippen LogP contribution in [0.4, 0.5) is 0 Å². The maximum Gasteiger partial charge on any atom is 0.183 e. The first kappa shape index (κ1) is 23.5. The third kappa shape index (κ3) is 4.69. The average Bonchev–Trinajstić information content (AvgIpc) is 3.17. The van der Waals surface area contributed by atoms with Gasteiger partial charge in [0, 0.05) is 6.42 Å². The lowest BCUT2D eigenvalue weighted by Gasteiger charge is -2.44. The van der Waals surface area contributed by atoms with Crippen molar-refractivity contribution >= 4 is 0 Å². The molecule has 0 aromatic rings. The monoisotopic (exact) mass is 432 g/mol. The van der Waals surface area contributed by atoms with E-state index in [2.05, 4.69) is 32.9 Å². The zero-order valence-electron chi connectivity index (χ0n) is 20.0. The van der Waals surface area contributed by atoms with Gasteiger partial charge in [-0.3, -0.25) is 0 Å². The predicted molar refractivity (Wildman–Crippen MR) is 123 cm³/mol. The fourth-order valence-corrected chi connectivity index (χ4v) is 7.52. The summed E-state index contributed by atoms with van der Waals surface area (Å²) < 4.78 is 5.69. The highest BCUT2D eigenvalue weighted by Crippen LogP contribution is 2.60. The van der Waals surface area contributed by atoms with Crippen molar-refractivity contribution in [2.24, 2.45) is 29.1 Å². The second-order valence-corrected chi connectivity index (χ2v) is 11.8. The lowest BCUT2D eigenvalue weighted by atomic mass is 9.60. The summed E-state index contributed by atoms with van der Waals surface area (Å²) in [6, 6.07) is 0. The molecule has 1 heterocycles. The molecular weight excluding hydrogens is 388 g/mol. The normalized spacial score (nSPS) is 49.5. The molecule has 3 aliphatic carbocycles. The topological polar surface area (TPSA) is 69.9 Å². The molecular formula is C27H44O4. The summed E-state index contributed by atoms with van der Waals surface area (Å²) in [5.41, 5.74) is 2.26. The van der Waals surface area contributed by atoms with E-state index in [9.17, 15) is 15.3 Å². The average molecular weight is 433 g/mol. The molecule has 0 radical (unpaired) electrons. The minimum absolute atomic E-state index is 0.0507. The van der Waals surface area contributed by atoms with Gasteiger partial charge in [0.1, 0.15) is 5.60 Å². The smallest absolute Gasteiger partial charge is 0.183 e. The van der Waals surface area contributed by atoms with E-state index in [0.29, 0.717) is 35.5 Å². The summed E-state index contributed by atoms with van der Waals surface area (Å²) in [4.78, 5) is 0. The number of ether oxygens (including phenoxy) is 1. The summed E-state index contributed by atoms with van der Waals surface area (Å²) in [7, 11) is 0. The highest BCUT2D eigenvalue weighted by Gasteiger charge is 2.52. The van der Waals surface area contributed by atoms with Gasteiger partial charge in [-0.25, -0.2) is 0 Å². The quantitative estimate of drug-likeness (QED) is 0.577. The van der Waals surface area contributed by atoms with E-state index in [4.69, 9.17) is 4.74 Å². The van der Waals surface area contributed by atoms with Gasteiger partial charge in [0.25, 0.3) is 0 Å². The number of fused-ring (bicyclic) bond motifs is 1. The number of hydrogen-bond donors (Lipinski definition) is 3. The summed E-state index contributed by atoms with van der Waals surface area (Å²) in [5.74, 6) is 2.43. The van der Waals surface area contributed by atoms with E-state index < -0.39 is 11.9 Å². The van der Waals surface area contributed by atoms with Crippen LogP contribution >= 0.6 is 0 Å². The van der Waals surface area contributed by atoms with Gasteiger partial charge in [0.15, 0.2) is 6.29 Å². The first-order valence-electron chi connectivity index (χ1n) is 12.7. The fourth-order valence-electron chi connectivity index (χ4n) is 7.52. The van der Waals surface area contributed by atoms with E-state index in [1.807, 2.05) is 0 Å². The van der Waals surface area contributed by atoms with Gasteiger partial charge < -0.3 is 20.1 Å². The van der Waals surface area contributed by atoms with Gasteiger partial charge in [-0.15, -0.1) is 0 Å². The van der Waals surface area contributed by atoms with Crippen LogP contribution in [-0.4, -0.2) is 39.4 Å². The predicted octanol–water partition coefficient (Wildman–Crippen LogP) is 5.12. The summed E-state index contributed by atoms with van der Waals surface area (Å²) >= 11 is 0. The highest BCUT2D eigenvalue weighted by molar-refractivity contribution is 5.26. The molecule has 0 aromatic heterocycles. The van der Waals surface area contributed by atoms with Crippen LogP contribution in [0.5, 0.6) is 0 Å². The standard InChI is InChI=1S/C27H44O4/c1-17-7-10-21(28)15-20(17)9-8-19-6-5-13-26(3)23(11-12-24(19)26)18(2)14-22-16-27(4,30)25(29)31-22/h8-9,17-18,21-25,28-30H,5-7,10-16H2,1-4H3. The third-order valence-electron chi connectivity index (χ3n) is 9.40. The first-order valence-corrected chi connectivity index (χ1v) is 12.7. The molecule has 4 heteroatoms. The van der Waals surface area contributed by atoms with Gasteiger partial charge in [-0.05, 0) is 93.8 Å². The molecule has 0 aromatic carbocycles. The molecule has 3 N–H and O–H groups in total. The van der Waals surface area contributed by atoms with Crippen LogP contribution in [0.2, 0.25) is 0 Å². The van der Waals surface area contributed by atoms with Crippen molar-refractivity contribution in [3.05, 3.63) is 23.3 Å². The Bertz CT molecular complexity index is 710. The second kappa shape index (κ2) is 8.93. The molecule has 1 saturated heterocycles. The van der Waals surface area contributed by atoms with E-state index >= 15 is 0 Å². The SMILES string of the molecule is CC1CCC(O)CC1=CC=C1CCCC2(C)C1CCC2C(C)CC1CC(C)(O)C(O)O1. The van der Waals surface area contributed by atoms with Gasteiger partial charge in [-0.1, -0.05) is 44.1 Å². The third-order valence-corrected chi connectivity index (χ3v) is 9.40. The molecule has 4 nitrogen and oxygen atoms in total. The van der Waals surface area contributed by atoms with Gasteiger partial charge in [0.2, 0.25) is 0 Å². The molecule has 31 heavy (non-hydrogen) atoms. The van der Waals surface area contributed by atoms with Gasteiger partial charge >= 0.3 is 0 Å². The lowest BCUT2D eigenvalue weighted by Crippen LogP contribution is -2.36. The van der Waals surface area contributed by atoms with Crippen molar-refractivity contribution in [3.63, 3.8) is 0 Å². The molecule has 4 fully saturated rings. The molecule has 4 rings (SSSR count). The Morgan fingerprint density at radius 2 is 1.84 bits per heavy atom. The Balaban J connectivity index is 1.45. The molecule has 3 saturated carbocycles. The van der Waals surface area contributed by atoms with Crippen LogP contribution in [0.15, 0.2) is 23.3 Å². The Morgan fingerprint density at radius 3 is 2.55 bits per heavy atom. The number of hydrogen-bond acceptors (Lipinski definition) is 4. The van der Waals surface area contributed by atoms with E-state index in [0.717, 1.165) is 25.7 Å². The Labute approximate surface area is 188 Å². The molecule has 0 amide bonds.